The highest BCUT2D eigenvalue weighted by molar-refractivity contribution is 7.71. The lowest BCUT2D eigenvalue weighted by Crippen LogP contribution is -2.51. The van der Waals surface area contributed by atoms with E-state index in [4.69, 9.17) is 23.8 Å². The molecule has 4 aliphatic carbocycles. The molecule has 2 nitrogen and oxygen atoms in total. The minimum atomic E-state index is 0.276. The van der Waals surface area contributed by atoms with Crippen LogP contribution in [0.3, 0.4) is 0 Å². The number of H-pyrrole nitrogens is 1. The lowest BCUT2D eigenvalue weighted by Gasteiger charge is -2.57. The SMILES string of the molecule is S=c1[nH]c2cc(Cl)ccc2n1C12CC3CC(CC(C3)C1)C2. The molecule has 0 spiro atoms. The highest BCUT2D eigenvalue weighted by Crippen LogP contribution is 2.59. The molecule has 0 atom stereocenters. The first-order chi connectivity index (χ1) is 10.1. The summed E-state index contributed by atoms with van der Waals surface area (Å²) in [5.41, 5.74) is 2.60. The van der Waals surface area contributed by atoms with E-state index >= 15 is 0 Å². The quantitative estimate of drug-likeness (QED) is 0.710. The third-order valence-corrected chi connectivity index (χ3v) is 6.64. The van der Waals surface area contributed by atoms with Crippen molar-refractivity contribution in [3.63, 3.8) is 0 Å². The van der Waals surface area contributed by atoms with Crippen molar-refractivity contribution in [3.05, 3.63) is 28.0 Å². The van der Waals surface area contributed by atoms with Crippen LogP contribution < -0.4 is 0 Å². The second kappa shape index (κ2) is 4.14. The van der Waals surface area contributed by atoms with Crippen LogP contribution in [0.15, 0.2) is 18.2 Å². The zero-order chi connectivity index (χ0) is 14.2. The minimum Gasteiger partial charge on any atom is -0.331 e. The molecule has 110 valence electrons. The Kier molecular flexibility index (Phi) is 2.51. The number of aromatic amines is 1. The van der Waals surface area contributed by atoms with Crippen LogP contribution in [0.5, 0.6) is 0 Å². The van der Waals surface area contributed by atoms with E-state index in [0.29, 0.717) is 0 Å². The fraction of sp³-hybridized carbons (Fsp3) is 0.588. The van der Waals surface area contributed by atoms with Gasteiger partial charge in [0.05, 0.1) is 11.0 Å². The third kappa shape index (κ3) is 1.74. The van der Waals surface area contributed by atoms with Crippen molar-refractivity contribution in [2.45, 2.75) is 44.1 Å². The van der Waals surface area contributed by atoms with Crippen molar-refractivity contribution >= 4 is 34.9 Å². The molecular weight excluding hydrogens is 300 g/mol. The molecule has 4 fully saturated rings. The van der Waals surface area contributed by atoms with Crippen molar-refractivity contribution in [3.8, 4) is 0 Å². The van der Waals surface area contributed by atoms with Gasteiger partial charge in [-0.2, -0.15) is 0 Å². The maximum Gasteiger partial charge on any atom is 0.178 e. The molecule has 4 bridgehead atoms. The second-order valence-corrected chi connectivity index (χ2v) is 8.39. The smallest absolute Gasteiger partial charge is 0.178 e. The predicted molar refractivity (Wildman–Crippen MR) is 88.3 cm³/mol. The standard InChI is InChI=1S/C17H19ClN2S/c18-13-1-2-15-14(6-13)19-16(21)20(15)17-7-10-3-11(8-17)5-12(4-10)9-17/h1-2,6,10-12H,3-5,7-9H2,(H,19,21). The molecule has 0 radical (unpaired) electrons. The summed E-state index contributed by atoms with van der Waals surface area (Å²) in [5.74, 6) is 2.78. The van der Waals surface area contributed by atoms with Crippen molar-refractivity contribution in [1.29, 1.82) is 0 Å². The van der Waals surface area contributed by atoms with Gasteiger partial charge in [0.15, 0.2) is 4.77 Å². The number of fused-ring (bicyclic) bond motifs is 1. The number of benzene rings is 1. The number of hydrogen-bond donors (Lipinski definition) is 1. The fourth-order valence-corrected chi connectivity index (χ4v) is 6.47. The molecule has 4 heteroatoms. The Hall–Kier alpha value is -0.800. The Morgan fingerprint density at radius 1 is 1.10 bits per heavy atom. The van der Waals surface area contributed by atoms with Gasteiger partial charge in [-0.3, -0.25) is 0 Å². The Morgan fingerprint density at radius 2 is 1.71 bits per heavy atom. The topological polar surface area (TPSA) is 20.7 Å². The number of hydrogen-bond acceptors (Lipinski definition) is 1. The monoisotopic (exact) mass is 318 g/mol. The number of imidazole rings is 1. The molecule has 4 aliphatic rings. The van der Waals surface area contributed by atoms with E-state index in [9.17, 15) is 0 Å². The summed E-state index contributed by atoms with van der Waals surface area (Å²) in [6.07, 6.45) is 8.34. The average Bonchev–Trinajstić information content (AvgIpc) is 2.72. The first-order valence-corrected chi connectivity index (χ1v) is 8.82. The first-order valence-electron chi connectivity index (χ1n) is 8.04. The van der Waals surface area contributed by atoms with Gasteiger partial charge in [-0.15, -0.1) is 0 Å². The summed E-state index contributed by atoms with van der Waals surface area (Å²) in [7, 11) is 0. The summed E-state index contributed by atoms with van der Waals surface area (Å²) in [4.78, 5) is 3.39. The van der Waals surface area contributed by atoms with E-state index in [1.807, 2.05) is 12.1 Å². The van der Waals surface area contributed by atoms with Crippen molar-refractivity contribution < 1.29 is 0 Å². The van der Waals surface area contributed by atoms with Crippen molar-refractivity contribution in [2.75, 3.05) is 0 Å². The van der Waals surface area contributed by atoms with Gasteiger partial charge in [0.25, 0.3) is 0 Å². The van der Waals surface area contributed by atoms with Gasteiger partial charge in [-0.25, -0.2) is 0 Å². The molecule has 4 saturated carbocycles. The van der Waals surface area contributed by atoms with Crippen LogP contribution in [0.2, 0.25) is 5.02 Å². The van der Waals surface area contributed by atoms with Gasteiger partial charge >= 0.3 is 0 Å². The van der Waals surface area contributed by atoms with Gasteiger partial charge in [-0.1, -0.05) is 11.6 Å². The second-order valence-electron chi connectivity index (χ2n) is 7.57. The van der Waals surface area contributed by atoms with Crippen LogP contribution in [0.4, 0.5) is 0 Å². The largest absolute Gasteiger partial charge is 0.331 e. The first kappa shape index (κ1) is 12.7. The van der Waals surface area contributed by atoms with Crippen LogP contribution in [0.1, 0.15) is 38.5 Å². The zero-order valence-electron chi connectivity index (χ0n) is 11.9. The average molecular weight is 319 g/mol. The van der Waals surface area contributed by atoms with Gasteiger partial charge in [0, 0.05) is 10.6 Å². The van der Waals surface area contributed by atoms with Crippen LogP contribution in [-0.2, 0) is 5.54 Å². The van der Waals surface area contributed by atoms with E-state index in [-0.39, 0.29) is 5.54 Å². The summed E-state index contributed by atoms with van der Waals surface area (Å²) in [6, 6.07) is 6.13. The predicted octanol–water partition coefficient (Wildman–Crippen LogP) is 5.28. The Balaban J connectivity index is 1.74. The van der Waals surface area contributed by atoms with Gasteiger partial charge in [0.2, 0.25) is 0 Å². The summed E-state index contributed by atoms with van der Waals surface area (Å²) in [6.45, 7) is 0. The molecule has 0 aliphatic heterocycles. The molecule has 2 aromatic rings. The maximum absolute atomic E-state index is 6.14. The highest BCUT2D eigenvalue weighted by atomic mass is 35.5. The lowest BCUT2D eigenvalue weighted by molar-refractivity contribution is -0.0416. The Bertz CT molecular complexity index is 752. The maximum atomic E-state index is 6.14. The van der Waals surface area contributed by atoms with E-state index in [0.717, 1.165) is 33.1 Å². The highest BCUT2D eigenvalue weighted by Gasteiger charge is 2.52. The van der Waals surface area contributed by atoms with Gasteiger partial charge in [-0.05, 0) is 86.7 Å². The van der Waals surface area contributed by atoms with Crippen LogP contribution in [0, 0.1) is 22.5 Å². The molecule has 6 rings (SSSR count). The van der Waals surface area contributed by atoms with E-state index < -0.39 is 0 Å². The Labute approximate surface area is 134 Å². The number of nitrogens with zero attached hydrogens (tertiary/aromatic N) is 1. The summed E-state index contributed by atoms with van der Waals surface area (Å²) < 4.78 is 3.34. The lowest BCUT2D eigenvalue weighted by atomic mass is 9.53. The van der Waals surface area contributed by atoms with Gasteiger partial charge in [0.1, 0.15) is 0 Å². The molecule has 0 unspecified atom stereocenters. The number of rotatable bonds is 1. The molecule has 0 amide bonds. The molecule has 21 heavy (non-hydrogen) atoms. The number of nitrogens with one attached hydrogen (secondary N) is 1. The molecule has 0 saturated heterocycles. The third-order valence-electron chi connectivity index (χ3n) is 6.12. The molecule has 1 N–H and O–H groups in total. The van der Waals surface area contributed by atoms with Crippen LogP contribution in [-0.4, -0.2) is 9.55 Å². The van der Waals surface area contributed by atoms with E-state index in [1.165, 1.54) is 44.0 Å². The van der Waals surface area contributed by atoms with E-state index in [1.54, 1.807) is 0 Å². The summed E-state index contributed by atoms with van der Waals surface area (Å²) in [5, 5.41) is 0.774. The minimum absolute atomic E-state index is 0.276. The normalized spacial score (nSPS) is 37.5. The molecule has 1 aromatic carbocycles. The number of aromatic nitrogens is 2. The number of halogens is 1. The van der Waals surface area contributed by atoms with Gasteiger partial charge < -0.3 is 9.55 Å². The van der Waals surface area contributed by atoms with E-state index in [2.05, 4.69) is 15.6 Å². The van der Waals surface area contributed by atoms with Crippen molar-refractivity contribution in [1.82, 2.24) is 9.55 Å². The fourth-order valence-electron chi connectivity index (χ4n) is 5.89. The molecule has 1 aromatic heterocycles. The Morgan fingerprint density at radius 3 is 2.33 bits per heavy atom. The van der Waals surface area contributed by atoms with Crippen molar-refractivity contribution in [2.24, 2.45) is 17.8 Å². The molecule has 1 heterocycles. The zero-order valence-corrected chi connectivity index (χ0v) is 13.5. The van der Waals surface area contributed by atoms with Crippen LogP contribution >= 0.6 is 23.8 Å². The summed E-state index contributed by atoms with van der Waals surface area (Å²) >= 11 is 11.8. The van der Waals surface area contributed by atoms with Crippen LogP contribution in [0.25, 0.3) is 11.0 Å². The molecular formula is C17H19ClN2S.